The number of phenols is 1. The van der Waals surface area contributed by atoms with E-state index in [4.69, 9.17) is 0 Å². The summed E-state index contributed by atoms with van der Waals surface area (Å²) in [6, 6.07) is 13.3. The lowest BCUT2D eigenvalue weighted by Crippen LogP contribution is -2.32. The molecular weight excluding hydrogens is 312 g/mol. The summed E-state index contributed by atoms with van der Waals surface area (Å²) in [6.45, 7) is 2.51. The Morgan fingerprint density at radius 2 is 2.00 bits per heavy atom. The van der Waals surface area contributed by atoms with Crippen molar-refractivity contribution in [3.63, 3.8) is 0 Å². The van der Waals surface area contributed by atoms with Crippen LogP contribution in [-0.2, 0) is 0 Å². The number of hydrogen-bond acceptors (Lipinski definition) is 3. The van der Waals surface area contributed by atoms with Crippen LogP contribution in [0.2, 0.25) is 0 Å². The Balaban J connectivity index is 1.82. The first-order chi connectivity index (χ1) is 12.2. The first kappa shape index (κ1) is 15.8. The zero-order chi connectivity index (χ0) is 17.4. The van der Waals surface area contributed by atoms with Crippen LogP contribution in [0.4, 0.5) is 5.69 Å². The van der Waals surface area contributed by atoms with Gasteiger partial charge in [0.25, 0.3) is 5.91 Å². The molecule has 0 spiro atoms. The maximum Gasteiger partial charge on any atom is 0.253 e. The zero-order valence-electron chi connectivity index (χ0n) is 14.2. The van der Waals surface area contributed by atoms with Gasteiger partial charge in [-0.05, 0) is 37.0 Å². The molecule has 1 aliphatic heterocycles. The normalized spacial score (nSPS) is 23.5. The molecular formula is C21H22N2O2. The summed E-state index contributed by atoms with van der Waals surface area (Å²) in [5, 5.41) is 16.8. The number of aromatic hydroxyl groups is 1. The Bertz CT molecular complexity index is 844. The molecule has 0 bridgehead atoms. The van der Waals surface area contributed by atoms with Crippen molar-refractivity contribution in [3.8, 4) is 5.75 Å². The molecule has 128 valence electrons. The van der Waals surface area contributed by atoms with Crippen LogP contribution in [0, 0.1) is 5.92 Å². The van der Waals surface area contributed by atoms with Crippen molar-refractivity contribution in [2.24, 2.45) is 5.92 Å². The van der Waals surface area contributed by atoms with Crippen LogP contribution >= 0.6 is 0 Å². The minimum Gasteiger partial charge on any atom is -0.508 e. The molecule has 0 fully saturated rings. The van der Waals surface area contributed by atoms with Crippen LogP contribution in [0.1, 0.15) is 46.8 Å². The highest BCUT2D eigenvalue weighted by molar-refractivity contribution is 6.00. The first-order valence-corrected chi connectivity index (χ1v) is 8.83. The highest BCUT2D eigenvalue weighted by Crippen LogP contribution is 2.51. The molecule has 0 saturated carbocycles. The lowest BCUT2D eigenvalue weighted by molar-refractivity contribution is 0.0956. The van der Waals surface area contributed by atoms with Gasteiger partial charge in [0.05, 0.1) is 17.3 Å². The summed E-state index contributed by atoms with van der Waals surface area (Å²) in [6.07, 6.45) is 5.40. The third-order valence-electron chi connectivity index (χ3n) is 5.25. The molecule has 25 heavy (non-hydrogen) atoms. The van der Waals surface area contributed by atoms with Crippen LogP contribution in [0.25, 0.3) is 0 Å². The van der Waals surface area contributed by atoms with E-state index in [2.05, 4.69) is 28.9 Å². The van der Waals surface area contributed by atoms with Gasteiger partial charge < -0.3 is 15.7 Å². The largest absolute Gasteiger partial charge is 0.508 e. The lowest BCUT2D eigenvalue weighted by Gasteiger charge is -2.38. The number of carbonyl (C=O) groups excluding carboxylic acids is 1. The van der Waals surface area contributed by atoms with E-state index in [9.17, 15) is 9.90 Å². The Hall–Kier alpha value is -2.75. The van der Waals surface area contributed by atoms with E-state index < -0.39 is 0 Å². The zero-order valence-corrected chi connectivity index (χ0v) is 14.2. The third-order valence-corrected chi connectivity index (χ3v) is 5.25. The molecule has 0 aromatic heterocycles. The van der Waals surface area contributed by atoms with E-state index in [1.165, 1.54) is 0 Å². The number of allylic oxidation sites excluding steroid dienone is 2. The average Bonchev–Trinajstić information content (AvgIpc) is 3.11. The van der Waals surface area contributed by atoms with E-state index in [-0.39, 0.29) is 17.9 Å². The molecule has 3 N–H and O–H groups in total. The molecule has 4 rings (SSSR count). The topological polar surface area (TPSA) is 61.4 Å². The molecule has 4 heteroatoms. The van der Waals surface area contributed by atoms with Gasteiger partial charge in [0.15, 0.2) is 0 Å². The van der Waals surface area contributed by atoms with Crippen LogP contribution in [0.15, 0.2) is 54.6 Å². The summed E-state index contributed by atoms with van der Waals surface area (Å²) in [5.74, 6) is 0.827. The predicted molar refractivity (Wildman–Crippen MR) is 98.9 cm³/mol. The van der Waals surface area contributed by atoms with Gasteiger partial charge in [-0.2, -0.15) is 0 Å². The molecule has 2 aliphatic rings. The van der Waals surface area contributed by atoms with E-state index in [0.717, 1.165) is 23.2 Å². The number of nitrogens with one attached hydrogen (secondary N) is 2. The minimum absolute atomic E-state index is 0.0238. The number of phenolic OH excluding ortho intramolecular Hbond substituents is 1. The van der Waals surface area contributed by atoms with Gasteiger partial charge in [-0.25, -0.2) is 0 Å². The van der Waals surface area contributed by atoms with E-state index in [1.807, 2.05) is 37.3 Å². The van der Waals surface area contributed by atoms with E-state index >= 15 is 0 Å². The molecule has 1 aliphatic carbocycles. The van der Waals surface area contributed by atoms with Gasteiger partial charge in [-0.3, -0.25) is 4.79 Å². The van der Waals surface area contributed by atoms with Gasteiger partial charge in [-0.1, -0.05) is 42.5 Å². The molecule has 1 amide bonds. The summed E-state index contributed by atoms with van der Waals surface area (Å²) >= 11 is 0. The van der Waals surface area contributed by atoms with Crippen LogP contribution in [0.5, 0.6) is 5.75 Å². The standard InChI is InChI=1S/C21H22N2O2/c1-2-22-21(25)17-11-6-10-15-13-8-5-9-14(13)19(23-20(15)17)16-7-3-4-12-18(16)24/h3-8,10-14,19,23-24H,2,9H2,1H3,(H,22,25). The maximum absolute atomic E-state index is 12.5. The van der Waals surface area contributed by atoms with Crippen molar-refractivity contribution in [1.29, 1.82) is 0 Å². The van der Waals surface area contributed by atoms with Gasteiger partial charge in [-0.15, -0.1) is 0 Å². The Labute approximate surface area is 147 Å². The second-order valence-electron chi connectivity index (χ2n) is 6.66. The number of benzene rings is 2. The highest BCUT2D eigenvalue weighted by atomic mass is 16.3. The monoisotopic (exact) mass is 334 g/mol. The second-order valence-corrected chi connectivity index (χ2v) is 6.66. The van der Waals surface area contributed by atoms with Gasteiger partial charge in [0.2, 0.25) is 0 Å². The third kappa shape index (κ3) is 2.58. The number of fused-ring (bicyclic) bond motifs is 3. The predicted octanol–water partition coefficient (Wildman–Crippen LogP) is 3.97. The van der Waals surface area contributed by atoms with Gasteiger partial charge >= 0.3 is 0 Å². The molecule has 1 heterocycles. The van der Waals surface area contributed by atoms with Crippen LogP contribution in [0.3, 0.4) is 0 Å². The lowest BCUT2D eigenvalue weighted by atomic mass is 9.76. The Morgan fingerprint density at radius 3 is 2.80 bits per heavy atom. The Kier molecular flexibility index (Phi) is 3.96. The molecule has 2 aromatic rings. The number of amides is 1. The van der Waals surface area contributed by atoms with Crippen molar-refractivity contribution in [1.82, 2.24) is 5.32 Å². The number of carbonyl (C=O) groups is 1. The average molecular weight is 334 g/mol. The van der Waals surface area contributed by atoms with Crippen molar-refractivity contribution in [3.05, 3.63) is 71.3 Å². The first-order valence-electron chi connectivity index (χ1n) is 8.83. The van der Waals surface area contributed by atoms with Crippen molar-refractivity contribution >= 4 is 11.6 Å². The fraction of sp³-hybridized carbons (Fsp3) is 0.286. The van der Waals surface area contributed by atoms with E-state index in [0.29, 0.717) is 23.8 Å². The quantitative estimate of drug-likeness (QED) is 0.744. The SMILES string of the molecule is CCNC(=O)c1cccc2c1NC(c1ccccc1O)C1CC=CC21. The van der Waals surface area contributed by atoms with Crippen LogP contribution < -0.4 is 10.6 Å². The van der Waals surface area contributed by atoms with Gasteiger partial charge in [0, 0.05) is 18.0 Å². The molecule has 2 aromatic carbocycles. The summed E-state index contributed by atoms with van der Waals surface area (Å²) < 4.78 is 0. The van der Waals surface area contributed by atoms with Crippen molar-refractivity contribution < 1.29 is 9.90 Å². The highest BCUT2D eigenvalue weighted by Gasteiger charge is 2.39. The number of anilines is 1. The number of para-hydroxylation sites is 2. The Morgan fingerprint density at radius 1 is 1.20 bits per heavy atom. The molecule has 3 unspecified atom stereocenters. The van der Waals surface area contributed by atoms with E-state index in [1.54, 1.807) is 6.07 Å². The molecule has 0 saturated heterocycles. The second kappa shape index (κ2) is 6.28. The fourth-order valence-electron chi connectivity index (χ4n) is 4.12. The summed E-state index contributed by atoms with van der Waals surface area (Å²) in [4.78, 5) is 12.5. The summed E-state index contributed by atoms with van der Waals surface area (Å²) in [7, 11) is 0. The van der Waals surface area contributed by atoms with Crippen molar-refractivity contribution in [2.75, 3.05) is 11.9 Å². The minimum atomic E-state index is -0.0664. The van der Waals surface area contributed by atoms with Gasteiger partial charge in [0.1, 0.15) is 5.75 Å². The van der Waals surface area contributed by atoms with Crippen LogP contribution in [-0.4, -0.2) is 17.6 Å². The number of rotatable bonds is 3. The van der Waals surface area contributed by atoms with Crippen molar-refractivity contribution in [2.45, 2.75) is 25.3 Å². The molecule has 3 atom stereocenters. The maximum atomic E-state index is 12.5. The molecule has 4 nitrogen and oxygen atoms in total. The molecule has 0 radical (unpaired) electrons. The summed E-state index contributed by atoms with van der Waals surface area (Å²) in [5.41, 5.74) is 3.60. The fourth-order valence-corrected chi connectivity index (χ4v) is 4.12. The number of hydrogen-bond donors (Lipinski definition) is 3. The smallest absolute Gasteiger partial charge is 0.253 e.